The Labute approximate surface area is 262 Å². The topological polar surface area (TPSA) is 86.7 Å². The van der Waals surface area contributed by atoms with Crippen molar-refractivity contribution in [1.29, 1.82) is 0 Å². The highest BCUT2D eigenvalue weighted by molar-refractivity contribution is 6.01. The van der Waals surface area contributed by atoms with Crippen molar-refractivity contribution in [2.45, 2.75) is 93.1 Å². The van der Waals surface area contributed by atoms with Crippen molar-refractivity contribution in [3.8, 4) is 0 Å². The fourth-order valence-electron chi connectivity index (χ4n) is 10.8. The van der Waals surface area contributed by atoms with Gasteiger partial charge in [-0.3, -0.25) is 19.2 Å². The third kappa shape index (κ3) is 3.91. The average molecular weight is 601 g/mol. The van der Waals surface area contributed by atoms with Crippen LogP contribution in [0.25, 0.3) is 0 Å². The fraction of sp³-hybridized carbons (Fsp3) is 0.632. The molecular weight excluding hydrogens is 552 g/mol. The Kier molecular flexibility index (Phi) is 7.03. The van der Waals surface area contributed by atoms with Crippen molar-refractivity contribution >= 4 is 23.5 Å². The Morgan fingerprint density at radius 1 is 0.864 bits per heavy atom. The van der Waals surface area contributed by atoms with Gasteiger partial charge >= 0.3 is 11.9 Å². The largest absolute Gasteiger partial charge is 0.469 e. The second-order valence-electron chi connectivity index (χ2n) is 16.0. The van der Waals surface area contributed by atoms with E-state index in [1.807, 2.05) is 56.3 Å². The van der Waals surface area contributed by atoms with E-state index in [1.165, 1.54) is 7.11 Å². The van der Waals surface area contributed by atoms with E-state index in [1.54, 1.807) is 6.08 Å². The minimum atomic E-state index is -1.13. The van der Waals surface area contributed by atoms with Gasteiger partial charge in [0.25, 0.3) is 0 Å². The molecule has 3 saturated carbocycles. The Balaban J connectivity index is 1.47. The normalized spacial score (nSPS) is 42.2. The monoisotopic (exact) mass is 600 g/mol. The first kappa shape index (κ1) is 31.0. The van der Waals surface area contributed by atoms with Crippen LogP contribution >= 0.6 is 0 Å². The average Bonchev–Trinajstić information content (AvgIpc) is 2.99. The van der Waals surface area contributed by atoms with Gasteiger partial charge < -0.3 is 9.47 Å². The summed E-state index contributed by atoms with van der Waals surface area (Å²) in [6.45, 7) is 13.1. The summed E-state index contributed by atoms with van der Waals surface area (Å²) in [7, 11) is 1.47. The van der Waals surface area contributed by atoms with Gasteiger partial charge in [-0.25, -0.2) is 0 Å². The Morgan fingerprint density at radius 3 is 2.23 bits per heavy atom. The zero-order chi connectivity index (χ0) is 31.9. The van der Waals surface area contributed by atoms with E-state index in [4.69, 9.17) is 9.47 Å². The molecule has 0 bridgehead atoms. The van der Waals surface area contributed by atoms with Gasteiger partial charge in [-0.1, -0.05) is 78.0 Å². The summed E-state index contributed by atoms with van der Waals surface area (Å²) < 4.78 is 11.5. The summed E-state index contributed by atoms with van der Waals surface area (Å²) >= 11 is 0. The molecule has 0 radical (unpaired) electrons. The molecule has 0 spiro atoms. The fourth-order valence-corrected chi connectivity index (χ4v) is 10.8. The minimum Gasteiger partial charge on any atom is -0.469 e. The number of allylic oxidation sites excluding steroid dienone is 4. The molecule has 6 rings (SSSR count). The second-order valence-corrected chi connectivity index (χ2v) is 16.0. The lowest BCUT2D eigenvalue weighted by Crippen LogP contribution is -2.68. The molecule has 0 aliphatic heterocycles. The van der Waals surface area contributed by atoms with Crippen molar-refractivity contribution in [2.75, 3.05) is 7.11 Å². The SMILES string of the molecule is COC(=O)[C@]12CCC(C)(C)CC1C1C(=O)C=C3[C@@]4(C)C=CC(=O)[C@@H](C)C4(C(=O)OCc4ccccc4)CC[C@@]3(C)[C@]1(C)CC2. The highest BCUT2D eigenvalue weighted by Crippen LogP contribution is 2.76. The maximum absolute atomic E-state index is 14.7. The van der Waals surface area contributed by atoms with E-state index in [2.05, 4.69) is 27.7 Å². The van der Waals surface area contributed by atoms with Crippen molar-refractivity contribution in [3.05, 3.63) is 59.7 Å². The lowest BCUT2D eigenvalue weighted by atomic mass is 9.33. The number of ketones is 2. The van der Waals surface area contributed by atoms with Crippen molar-refractivity contribution in [3.63, 3.8) is 0 Å². The number of hydrogen-bond donors (Lipinski definition) is 0. The zero-order valence-electron chi connectivity index (χ0n) is 27.5. The third-order valence-electron chi connectivity index (χ3n) is 13.8. The summed E-state index contributed by atoms with van der Waals surface area (Å²) in [6, 6.07) is 9.59. The van der Waals surface area contributed by atoms with E-state index in [-0.39, 0.29) is 47.4 Å². The van der Waals surface area contributed by atoms with Gasteiger partial charge in [0.2, 0.25) is 0 Å². The lowest BCUT2D eigenvalue weighted by Gasteiger charge is -2.69. The third-order valence-corrected chi connectivity index (χ3v) is 13.8. The quantitative estimate of drug-likeness (QED) is 0.340. The number of fused-ring (bicyclic) bond motifs is 7. The summed E-state index contributed by atoms with van der Waals surface area (Å²) in [5.41, 5.74) is -1.66. The van der Waals surface area contributed by atoms with Gasteiger partial charge in [0.05, 0.1) is 17.9 Å². The van der Waals surface area contributed by atoms with E-state index in [9.17, 15) is 19.2 Å². The van der Waals surface area contributed by atoms with E-state index in [0.717, 1.165) is 36.8 Å². The number of esters is 2. The molecule has 3 unspecified atom stereocenters. The number of carbonyl (C=O) groups excluding carboxylic acids is 4. The maximum atomic E-state index is 14.7. The standard InChI is InChI=1S/C38H48O6/c1-24-27(39)13-14-35(5)29-21-28(40)30-26-22-33(2,3)15-18-37(26,31(41)43-7)19-16-36(30,6)34(29,4)17-20-38(24,35)32(42)44-23-25-11-9-8-10-12-25/h8-14,21,24,26,30H,15-20,22-23H2,1-7H3/t24-,26?,30?,34-,35-,36-,37+,38?/m1/s1. The van der Waals surface area contributed by atoms with Crippen LogP contribution in [0.2, 0.25) is 0 Å². The van der Waals surface area contributed by atoms with Crippen LogP contribution in [-0.4, -0.2) is 30.6 Å². The van der Waals surface area contributed by atoms with Crippen LogP contribution in [0.5, 0.6) is 0 Å². The van der Waals surface area contributed by atoms with Crippen LogP contribution < -0.4 is 0 Å². The molecule has 6 nitrogen and oxygen atoms in total. The first-order valence-corrected chi connectivity index (χ1v) is 16.4. The minimum absolute atomic E-state index is 0.0176. The van der Waals surface area contributed by atoms with E-state index >= 15 is 0 Å². The van der Waals surface area contributed by atoms with E-state index in [0.29, 0.717) is 19.3 Å². The van der Waals surface area contributed by atoms with Crippen LogP contribution in [0.1, 0.15) is 92.1 Å². The predicted molar refractivity (Wildman–Crippen MR) is 167 cm³/mol. The first-order chi connectivity index (χ1) is 20.6. The number of rotatable bonds is 4. The molecule has 0 amide bonds. The van der Waals surface area contributed by atoms with Crippen molar-refractivity contribution in [2.24, 2.45) is 50.2 Å². The molecule has 5 aliphatic carbocycles. The highest BCUT2D eigenvalue weighted by Gasteiger charge is 2.74. The summed E-state index contributed by atoms with van der Waals surface area (Å²) in [5.74, 6) is -1.62. The number of methoxy groups -OCH3 is 1. The van der Waals surface area contributed by atoms with E-state index < -0.39 is 33.0 Å². The number of ether oxygens (including phenoxy) is 2. The summed E-state index contributed by atoms with van der Waals surface area (Å²) in [5, 5.41) is 0. The molecule has 1 aromatic carbocycles. The Morgan fingerprint density at radius 2 is 1.55 bits per heavy atom. The molecule has 3 fully saturated rings. The van der Waals surface area contributed by atoms with Crippen LogP contribution in [0.15, 0.2) is 54.1 Å². The first-order valence-electron chi connectivity index (χ1n) is 16.4. The molecule has 0 N–H and O–H groups in total. The van der Waals surface area contributed by atoms with Crippen LogP contribution in [0, 0.1) is 50.2 Å². The molecule has 236 valence electrons. The van der Waals surface area contributed by atoms with Crippen LogP contribution in [0.3, 0.4) is 0 Å². The van der Waals surface area contributed by atoms with Crippen molar-refractivity contribution in [1.82, 2.24) is 0 Å². The molecule has 0 aromatic heterocycles. The van der Waals surface area contributed by atoms with Gasteiger partial charge in [0.15, 0.2) is 11.6 Å². The molecule has 6 heteroatoms. The van der Waals surface area contributed by atoms with Gasteiger partial charge in [-0.05, 0) is 90.4 Å². The number of hydrogen-bond acceptors (Lipinski definition) is 6. The zero-order valence-corrected chi connectivity index (χ0v) is 27.5. The van der Waals surface area contributed by atoms with Gasteiger partial charge in [0, 0.05) is 17.3 Å². The molecule has 0 heterocycles. The number of carbonyl (C=O) groups is 4. The van der Waals surface area contributed by atoms with Gasteiger partial charge in [-0.2, -0.15) is 0 Å². The van der Waals surface area contributed by atoms with Gasteiger partial charge in [0.1, 0.15) is 6.61 Å². The van der Waals surface area contributed by atoms with Crippen molar-refractivity contribution < 1.29 is 28.7 Å². The lowest BCUT2D eigenvalue weighted by molar-refractivity contribution is -0.198. The summed E-state index contributed by atoms with van der Waals surface area (Å²) in [4.78, 5) is 55.8. The number of benzene rings is 1. The predicted octanol–water partition coefficient (Wildman–Crippen LogP) is 7.21. The highest BCUT2D eigenvalue weighted by atomic mass is 16.5. The summed E-state index contributed by atoms with van der Waals surface area (Å²) in [6.07, 6.45) is 10.4. The molecule has 0 saturated heterocycles. The molecule has 44 heavy (non-hydrogen) atoms. The Hall–Kier alpha value is -3.02. The Bertz CT molecular complexity index is 1470. The smallest absolute Gasteiger partial charge is 0.314 e. The molecule has 8 atom stereocenters. The molecule has 5 aliphatic rings. The second kappa shape index (κ2) is 9.99. The molecule has 1 aromatic rings. The van der Waals surface area contributed by atoms with Crippen LogP contribution in [-0.2, 0) is 35.3 Å². The van der Waals surface area contributed by atoms with Crippen LogP contribution in [0.4, 0.5) is 0 Å². The maximum Gasteiger partial charge on any atom is 0.314 e. The van der Waals surface area contributed by atoms with Gasteiger partial charge in [-0.15, -0.1) is 0 Å². The molecular formula is C38H48O6.